The number of rotatable bonds is 4. The Morgan fingerprint density at radius 2 is 1.58 bits per heavy atom. The minimum Gasteiger partial charge on any atom is -0.364 e. The minimum absolute atomic E-state index is 0.0612. The van der Waals surface area contributed by atoms with Crippen LogP contribution in [0.25, 0.3) is 16.9 Å². The third-order valence-electron chi connectivity index (χ3n) is 5.89. The maximum Gasteiger partial charge on any atom is 0.189 e. The van der Waals surface area contributed by atoms with Crippen molar-refractivity contribution in [2.75, 3.05) is 7.05 Å². The van der Waals surface area contributed by atoms with Gasteiger partial charge in [-0.05, 0) is 36.8 Å². The van der Waals surface area contributed by atoms with Crippen molar-refractivity contribution in [3.05, 3.63) is 108 Å². The molecular formula is C27H25N5S. The first-order valence-electron chi connectivity index (χ1n) is 11.0. The van der Waals surface area contributed by atoms with E-state index >= 15 is 0 Å². The molecule has 1 atom stereocenters. The van der Waals surface area contributed by atoms with Crippen molar-refractivity contribution in [3.63, 3.8) is 0 Å². The van der Waals surface area contributed by atoms with Gasteiger partial charge in [-0.1, -0.05) is 78.4 Å². The smallest absolute Gasteiger partial charge is 0.189 e. The van der Waals surface area contributed by atoms with Gasteiger partial charge in [-0.25, -0.2) is 9.69 Å². The Labute approximate surface area is 199 Å². The number of aromatic nitrogens is 2. The number of hydrazone groups is 1. The molecule has 33 heavy (non-hydrogen) atoms. The van der Waals surface area contributed by atoms with Crippen LogP contribution in [-0.2, 0) is 0 Å². The lowest BCUT2D eigenvalue weighted by atomic mass is 9.96. The highest BCUT2D eigenvalue weighted by molar-refractivity contribution is 7.80. The summed E-state index contributed by atoms with van der Waals surface area (Å²) in [6.45, 7) is 2.09. The summed E-state index contributed by atoms with van der Waals surface area (Å²) in [5.74, 6) is 0. The van der Waals surface area contributed by atoms with Gasteiger partial charge in [-0.2, -0.15) is 10.2 Å². The van der Waals surface area contributed by atoms with Crippen molar-refractivity contribution >= 4 is 23.0 Å². The number of hydrogen-bond acceptors (Lipinski definition) is 3. The second-order valence-corrected chi connectivity index (χ2v) is 8.50. The number of nitrogens with one attached hydrogen (secondary N) is 1. The predicted molar refractivity (Wildman–Crippen MR) is 138 cm³/mol. The highest BCUT2D eigenvalue weighted by Gasteiger charge is 2.34. The highest BCUT2D eigenvalue weighted by atomic mass is 32.1. The van der Waals surface area contributed by atoms with E-state index in [1.165, 1.54) is 5.56 Å². The van der Waals surface area contributed by atoms with Gasteiger partial charge in [0.2, 0.25) is 0 Å². The lowest BCUT2D eigenvalue weighted by Crippen LogP contribution is -2.34. The van der Waals surface area contributed by atoms with Crippen molar-refractivity contribution in [3.8, 4) is 16.9 Å². The summed E-state index contributed by atoms with van der Waals surface area (Å²) in [6, 6.07) is 28.9. The van der Waals surface area contributed by atoms with Crippen LogP contribution in [0, 0.1) is 6.92 Å². The third-order valence-corrected chi connectivity index (χ3v) is 6.28. The van der Waals surface area contributed by atoms with Gasteiger partial charge in [0.1, 0.15) is 0 Å². The molecule has 1 aliphatic rings. The predicted octanol–water partition coefficient (Wildman–Crippen LogP) is 5.50. The molecular weight excluding hydrogens is 426 g/mol. The van der Waals surface area contributed by atoms with E-state index in [0.717, 1.165) is 40.2 Å². The fraction of sp³-hybridized carbons (Fsp3) is 0.148. The van der Waals surface area contributed by atoms with Crippen LogP contribution in [0.5, 0.6) is 0 Å². The number of nitrogens with zero attached hydrogens (tertiary/aromatic N) is 4. The summed E-state index contributed by atoms with van der Waals surface area (Å²) in [6.07, 6.45) is 2.85. The Morgan fingerprint density at radius 3 is 2.24 bits per heavy atom. The molecule has 0 saturated heterocycles. The lowest BCUT2D eigenvalue weighted by molar-refractivity contribution is 0.367. The summed E-state index contributed by atoms with van der Waals surface area (Å²) in [5, 5.41) is 15.6. The molecule has 4 aromatic rings. The second-order valence-electron chi connectivity index (χ2n) is 8.11. The lowest BCUT2D eigenvalue weighted by Gasteiger charge is -2.23. The molecule has 0 bridgehead atoms. The molecule has 2 heterocycles. The van der Waals surface area contributed by atoms with Crippen LogP contribution in [0.1, 0.15) is 29.2 Å². The highest BCUT2D eigenvalue weighted by Crippen LogP contribution is 2.38. The van der Waals surface area contributed by atoms with Crippen molar-refractivity contribution in [1.29, 1.82) is 0 Å². The summed E-state index contributed by atoms with van der Waals surface area (Å²) in [7, 11) is 1.84. The Morgan fingerprint density at radius 1 is 0.909 bits per heavy atom. The topological polar surface area (TPSA) is 45.5 Å². The third kappa shape index (κ3) is 4.17. The maximum atomic E-state index is 5.66. The molecule has 1 unspecified atom stereocenters. The second kappa shape index (κ2) is 9.00. The van der Waals surface area contributed by atoms with Gasteiger partial charge in [0, 0.05) is 30.8 Å². The average molecular weight is 452 g/mol. The average Bonchev–Trinajstić information content (AvgIpc) is 3.50. The Bertz CT molecular complexity index is 1290. The van der Waals surface area contributed by atoms with Crippen molar-refractivity contribution in [1.82, 2.24) is 20.1 Å². The Balaban J connectivity index is 1.61. The number of thiocarbonyl (C=S) groups is 1. The molecule has 5 rings (SSSR count). The molecule has 0 radical (unpaired) electrons. The number of aryl methyl sites for hydroxylation is 1. The number of para-hydroxylation sites is 1. The van der Waals surface area contributed by atoms with Gasteiger partial charge in [-0.3, -0.25) is 0 Å². The summed E-state index contributed by atoms with van der Waals surface area (Å²) < 4.78 is 1.95. The van der Waals surface area contributed by atoms with Gasteiger partial charge < -0.3 is 5.32 Å². The SMILES string of the molecule is CNC(=S)N1N=C(c2ccc(C)cc2)CC1c1cn(-c2ccccc2)nc1-c1ccccc1. The van der Waals surface area contributed by atoms with Crippen LogP contribution >= 0.6 is 12.2 Å². The standard InChI is InChI=1S/C27H25N5S/c1-19-13-15-20(16-14-19)24-17-25(32(29-24)27(33)28-2)23-18-31(22-11-7-4-8-12-22)30-26(23)21-9-5-3-6-10-21/h3-16,18,25H,17H2,1-2H3,(H,28,33). The molecule has 0 aliphatic carbocycles. The fourth-order valence-electron chi connectivity index (χ4n) is 4.14. The van der Waals surface area contributed by atoms with Crippen LogP contribution in [-0.4, -0.2) is 32.7 Å². The normalized spacial score (nSPS) is 15.4. The first-order chi connectivity index (χ1) is 16.1. The van der Waals surface area contributed by atoms with E-state index < -0.39 is 0 Å². The molecule has 1 aromatic heterocycles. The Kier molecular flexibility index (Phi) is 5.75. The van der Waals surface area contributed by atoms with Crippen LogP contribution in [0.15, 0.2) is 96.2 Å². The molecule has 0 saturated carbocycles. The molecule has 164 valence electrons. The van der Waals surface area contributed by atoms with Crippen LogP contribution in [0.2, 0.25) is 0 Å². The summed E-state index contributed by atoms with van der Waals surface area (Å²) in [4.78, 5) is 0. The monoisotopic (exact) mass is 451 g/mol. The fourth-order valence-corrected chi connectivity index (χ4v) is 4.31. The van der Waals surface area contributed by atoms with Gasteiger partial charge >= 0.3 is 0 Å². The molecule has 0 amide bonds. The molecule has 1 aliphatic heterocycles. The van der Waals surface area contributed by atoms with Gasteiger partial charge in [0.05, 0.1) is 23.1 Å². The molecule has 5 nitrogen and oxygen atoms in total. The molecule has 3 aromatic carbocycles. The van der Waals surface area contributed by atoms with Crippen LogP contribution < -0.4 is 5.32 Å². The van der Waals surface area contributed by atoms with E-state index in [4.69, 9.17) is 22.4 Å². The molecule has 1 N–H and O–H groups in total. The van der Waals surface area contributed by atoms with E-state index in [-0.39, 0.29) is 6.04 Å². The van der Waals surface area contributed by atoms with E-state index in [9.17, 15) is 0 Å². The number of hydrogen-bond donors (Lipinski definition) is 1. The van der Waals surface area contributed by atoms with Crippen molar-refractivity contribution in [2.24, 2.45) is 5.10 Å². The quantitative estimate of drug-likeness (QED) is 0.416. The molecule has 6 heteroatoms. The molecule has 0 fully saturated rings. The van der Waals surface area contributed by atoms with E-state index in [2.05, 4.69) is 67.0 Å². The van der Waals surface area contributed by atoms with E-state index in [1.807, 2.05) is 53.1 Å². The zero-order chi connectivity index (χ0) is 22.8. The molecule has 0 spiro atoms. The van der Waals surface area contributed by atoms with Gasteiger partial charge in [0.15, 0.2) is 5.11 Å². The van der Waals surface area contributed by atoms with Crippen molar-refractivity contribution in [2.45, 2.75) is 19.4 Å². The van der Waals surface area contributed by atoms with E-state index in [1.54, 1.807) is 0 Å². The summed E-state index contributed by atoms with van der Waals surface area (Å²) in [5.41, 5.74) is 7.48. The van der Waals surface area contributed by atoms with Gasteiger partial charge in [0.25, 0.3) is 0 Å². The van der Waals surface area contributed by atoms with Gasteiger partial charge in [-0.15, -0.1) is 0 Å². The zero-order valence-corrected chi connectivity index (χ0v) is 19.5. The number of benzene rings is 3. The van der Waals surface area contributed by atoms with Crippen molar-refractivity contribution < 1.29 is 0 Å². The summed E-state index contributed by atoms with van der Waals surface area (Å²) >= 11 is 5.66. The van der Waals surface area contributed by atoms with E-state index in [0.29, 0.717) is 5.11 Å². The first kappa shape index (κ1) is 21.1. The zero-order valence-electron chi connectivity index (χ0n) is 18.6. The minimum atomic E-state index is -0.0612. The Hall–Kier alpha value is -3.77. The van der Waals surface area contributed by atoms with Crippen LogP contribution in [0.3, 0.4) is 0 Å². The van der Waals surface area contributed by atoms with Crippen LogP contribution in [0.4, 0.5) is 0 Å². The maximum absolute atomic E-state index is 5.66. The first-order valence-corrected chi connectivity index (χ1v) is 11.4. The largest absolute Gasteiger partial charge is 0.364 e.